The fourth-order valence-corrected chi connectivity index (χ4v) is 2.51. The standard InChI is InChI=1S/C19H25NO2/c1-16-7-9-18(10-8-16)19(22)11-12-20(13-14-21)15-17-5-3-2-4-6-17/h2-10,19,21-22H,11-15H2,1H3. The predicted octanol–water partition coefficient (Wildman–Crippen LogP) is 2.91. The molecular formula is C19H25NO2. The first kappa shape index (κ1) is 16.7. The molecule has 0 saturated heterocycles. The van der Waals surface area contributed by atoms with Gasteiger partial charge in [-0.1, -0.05) is 60.2 Å². The summed E-state index contributed by atoms with van der Waals surface area (Å²) in [4.78, 5) is 2.17. The maximum atomic E-state index is 10.3. The summed E-state index contributed by atoms with van der Waals surface area (Å²) in [6, 6.07) is 18.2. The van der Waals surface area contributed by atoms with Crippen LogP contribution in [0.25, 0.3) is 0 Å². The van der Waals surface area contributed by atoms with Crippen molar-refractivity contribution in [2.75, 3.05) is 19.7 Å². The number of benzene rings is 2. The van der Waals surface area contributed by atoms with Crippen molar-refractivity contribution in [1.82, 2.24) is 4.90 Å². The van der Waals surface area contributed by atoms with Gasteiger partial charge >= 0.3 is 0 Å². The zero-order valence-corrected chi connectivity index (χ0v) is 13.2. The van der Waals surface area contributed by atoms with Crippen molar-refractivity contribution in [2.45, 2.75) is 26.0 Å². The number of hydrogen-bond donors (Lipinski definition) is 2. The summed E-state index contributed by atoms with van der Waals surface area (Å²) in [6.45, 7) is 4.34. The zero-order valence-electron chi connectivity index (χ0n) is 13.2. The average Bonchev–Trinajstić information content (AvgIpc) is 2.54. The molecule has 2 aromatic rings. The Morgan fingerprint density at radius 2 is 1.64 bits per heavy atom. The second kappa shape index (κ2) is 8.69. The van der Waals surface area contributed by atoms with Gasteiger partial charge in [-0.15, -0.1) is 0 Å². The summed E-state index contributed by atoms with van der Waals surface area (Å²) in [5.74, 6) is 0. The molecule has 0 radical (unpaired) electrons. The smallest absolute Gasteiger partial charge is 0.0802 e. The van der Waals surface area contributed by atoms with E-state index in [9.17, 15) is 10.2 Å². The van der Waals surface area contributed by atoms with Crippen LogP contribution in [0.4, 0.5) is 0 Å². The van der Waals surface area contributed by atoms with Gasteiger partial charge in [0.05, 0.1) is 12.7 Å². The predicted molar refractivity (Wildman–Crippen MR) is 89.6 cm³/mol. The van der Waals surface area contributed by atoms with Gasteiger partial charge in [0.25, 0.3) is 0 Å². The molecule has 0 saturated carbocycles. The van der Waals surface area contributed by atoms with Crippen molar-refractivity contribution in [2.24, 2.45) is 0 Å². The number of aryl methyl sites for hydroxylation is 1. The quantitative estimate of drug-likeness (QED) is 0.787. The van der Waals surface area contributed by atoms with E-state index in [4.69, 9.17) is 0 Å². The van der Waals surface area contributed by atoms with E-state index in [-0.39, 0.29) is 6.61 Å². The minimum Gasteiger partial charge on any atom is -0.395 e. The van der Waals surface area contributed by atoms with Crippen molar-refractivity contribution in [1.29, 1.82) is 0 Å². The lowest BCUT2D eigenvalue weighted by molar-refractivity contribution is 0.128. The Morgan fingerprint density at radius 3 is 2.27 bits per heavy atom. The average molecular weight is 299 g/mol. The Labute approximate surface area is 132 Å². The highest BCUT2D eigenvalue weighted by atomic mass is 16.3. The zero-order chi connectivity index (χ0) is 15.8. The molecule has 1 atom stereocenters. The van der Waals surface area contributed by atoms with Crippen LogP contribution in [-0.4, -0.2) is 34.8 Å². The number of aliphatic hydroxyl groups is 2. The third-order valence-corrected chi connectivity index (χ3v) is 3.85. The molecule has 0 aliphatic rings. The molecule has 0 aliphatic heterocycles. The summed E-state index contributed by atoms with van der Waals surface area (Å²) < 4.78 is 0. The van der Waals surface area contributed by atoms with E-state index < -0.39 is 6.10 Å². The molecule has 0 fully saturated rings. The van der Waals surface area contributed by atoms with E-state index in [0.717, 1.165) is 18.7 Å². The molecule has 0 aliphatic carbocycles. The van der Waals surface area contributed by atoms with Gasteiger partial charge in [0.2, 0.25) is 0 Å². The van der Waals surface area contributed by atoms with Gasteiger partial charge in [0, 0.05) is 19.6 Å². The number of aliphatic hydroxyl groups excluding tert-OH is 2. The molecule has 2 rings (SSSR count). The normalized spacial score (nSPS) is 12.5. The second-order valence-corrected chi connectivity index (χ2v) is 5.70. The van der Waals surface area contributed by atoms with Crippen molar-refractivity contribution in [3.63, 3.8) is 0 Å². The van der Waals surface area contributed by atoms with Crippen LogP contribution >= 0.6 is 0 Å². The monoisotopic (exact) mass is 299 g/mol. The maximum Gasteiger partial charge on any atom is 0.0802 e. The Balaban J connectivity index is 1.89. The van der Waals surface area contributed by atoms with E-state index in [1.807, 2.05) is 49.4 Å². The summed E-state index contributed by atoms with van der Waals surface area (Å²) in [6.07, 6.45) is 0.202. The molecule has 3 nitrogen and oxygen atoms in total. The van der Waals surface area contributed by atoms with E-state index in [2.05, 4.69) is 17.0 Å². The lowest BCUT2D eigenvalue weighted by Gasteiger charge is -2.23. The summed E-state index contributed by atoms with van der Waals surface area (Å²) >= 11 is 0. The molecule has 2 aromatic carbocycles. The molecule has 3 heteroatoms. The van der Waals surface area contributed by atoms with Crippen molar-refractivity contribution >= 4 is 0 Å². The highest BCUT2D eigenvalue weighted by Crippen LogP contribution is 2.18. The van der Waals surface area contributed by atoms with Gasteiger partial charge in [-0.05, 0) is 24.5 Å². The van der Waals surface area contributed by atoms with Crippen LogP contribution in [-0.2, 0) is 6.54 Å². The molecule has 0 amide bonds. The Hall–Kier alpha value is -1.68. The molecule has 0 bridgehead atoms. The van der Waals surface area contributed by atoms with Gasteiger partial charge < -0.3 is 10.2 Å². The van der Waals surface area contributed by atoms with Gasteiger partial charge in [-0.2, -0.15) is 0 Å². The Bertz CT molecular complexity index is 539. The fraction of sp³-hybridized carbons (Fsp3) is 0.368. The summed E-state index contributed by atoms with van der Waals surface area (Å²) in [5.41, 5.74) is 3.37. The third-order valence-electron chi connectivity index (χ3n) is 3.85. The van der Waals surface area contributed by atoms with Gasteiger partial charge in [0.1, 0.15) is 0 Å². The Morgan fingerprint density at radius 1 is 0.955 bits per heavy atom. The van der Waals surface area contributed by atoms with Crippen LogP contribution < -0.4 is 0 Å². The van der Waals surface area contributed by atoms with Gasteiger partial charge in [-0.3, -0.25) is 4.90 Å². The summed E-state index contributed by atoms with van der Waals surface area (Å²) in [7, 11) is 0. The molecule has 118 valence electrons. The second-order valence-electron chi connectivity index (χ2n) is 5.70. The van der Waals surface area contributed by atoms with Crippen LogP contribution in [0, 0.1) is 6.92 Å². The lowest BCUT2D eigenvalue weighted by Crippen LogP contribution is -2.28. The SMILES string of the molecule is Cc1ccc(C(O)CCN(CCO)Cc2ccccc2)cc1. The third kappa shape index (κ3) is 5.26. The molecule has 22 heavy (non-hydrogen) atoms. The van der Waals surface area contributed by atoms with Gasteiger partial charge in [-0.25, -0.2) is 0 Å². The molecule has 0 heterocycles. The van der Waals surface area contributed by atoms with Crippen LogP contribution in [0.2, 0.25) is 0 Å². The highest BCUT2D eigenvalue weighted by Gasteiger charge is 2.11. The lowest BCUT2D eigenvalue weighted by atomic mass is 10.0. The Kier molecular flexibility index (Phi) is 6.59. The largest absolute Gasteiger partial charge is 0.395 e. The van der Waals surface area contributed by atoms with Crippen molar-refractivity contribution in [3.05, 3.63) is 71.3 Å². The highest BCUT2D eigenvalue weighted by molar-refractivity contribution is 5.23. The molecule has 0 spiro atoms. The first-order valence-electron chi connectivity index (χ1n) is 7.81. The first-order valence-corrected chi connectivity index (χ1v) is 7.81. The van der Waals surface area contributed by atoms with Gasteiger partial charge in [0.15, 0.2) is 0 Å². The molecule has 1 unspecified atom stereocenters. The van der Waals surface area contributed by atoms with E-state index in [1.54, 1.807) is 0 Å². The number of nitrogens with zero attached hydrogens (tertiary/aromatic N) is 1. The minimum absolute atomic E-state index is 0.132. The van der Waals surface area contributed by atoms with Crippen molar-refractivity contribution in [3.8, 4) is 0 Å². The minimum atomic E-state index is -0.461. The maximum absolute atomic E-state index is 10.3. The topological polar surface area (TPSA) is 43.7 Å². The number of hydrogen-bond acceptors (Lipinski definition) is 3. The first-order chi connectivity index (χ1) is 10.7. The molecular weight excluding hydrogens is 274 g/mol. The molecule has 0 aromatic heterocycles. The number of rotatable bonds is 8. The van der Waals surface area contributed by atoms with Crippen LogP contribution in [0.1, 0.15) is 29.2 Å². The van der Waals surface area contributed by atoms with Crippen LogP contribution in [0.3, 0.4) is 0 Å². The van der Waals surface area contributed by atoms with Crippen LogP contribution in [0.5, 0.6) is 0 Å². The van der Waals surface area contributed by atoms with E-state index >= 15 is 0 Å². The van der Waals surface area contributed by atoms with Crippen molar-refractivity contribution < 1.29 is 10.2 Å². The van der Waals surface area contributed by atoms with E-state index in [1.165, 1.54) is 11.1 Å². The fourth-order valence-electron chi connectivity index (χ4n) is 2.51. The summed E-state index contributed by atoms with van der Waals surface area (Å²) in [5, 5.41) is 19.5. The molecule has 2 N–H and O–H groups in total. The van der Waals surface area contributed by atoms with E-state index in [0.29, 0.717) is 13.0 Å². The van der Waals surface area contributed by atoms with Crippen LogP contribution in [0.15, 0.2) is 54.6 Å².